The van der Waals surface area contributed by atoms with E-state index in [1.54, 1.807) is 0 Å². The van der Waals surface area contributed by atoms with Gasteiger partial charge in [0.1, 0.15) is 0 Å². The van der Waals surface area contributed by atoms with Crippen molar-refractivity contribution in [2.45, 2.75) is 63.2 Å². The van der Waals surface area contributed by atoms with E-state index in [-0.39, 0.29) is 5.60 Å². The Morgan fingerprint density at radius 1 is 1.42 bits per heavy atom. The second kappa shape index (κ2) is 5.59. The van der Waals surface area contributed by atoms with Crippen molar-refractivity contribution in [2.75, 3.05) is 6.54 Å². The summed E-state index contributed by atoms with van der Waals surface area (Å²) in [6.45, 7) is 3.15. The first-order valence-corrected chi connectivity index (χ1v) is 7.59. The van der Waals surface area contributed by atoms with Gasteiger partial charge >= 0.3 is 0 Å². The lowest BCUT2D eigenvalue weighted by Gasteiger charge is -2.24. The Bertz CT molecular complexity index is 400. The molecule has 19 heavy (non-hydrogen) atoms. The van der Waals surface area contributed by atoms with Gasteiger partial charge in [0, 0.05) is 25.0 Å². The van der Waals surface area contributed by atoms with Crippen molar-refractivity contribution in [3.8, 4) is 0 Å². The predicted octanol–water partition coefficient (Wildman–Crippen LogP) is 3.22. The fourth-order valence-corrected chi connectivity index (χ4v) is 3.48. The van der Waals surface area contributed by atoms with E-state index < -0.39 is 0 Å². The highest BCUT2D eigenvalue weighted by Crippen LogP contribution is 2.43. The van der Waals surface area contributed by atoms with Crippen molar-refractivity contribution < 1.29 is 4.74 Å². The summed E-state index contributed by atoms with van der Waals surface area (Å²) in [6.07, 6.45) is 11.9. The smallest absolute Gasteiger partial charge is 0.0708 e. The van der Waals surface area contributed by atoms with Crippen LogP contribution in [-0.4, -0.2) is 23.2 Å². The van der Waals surface area contributed by atoms with E-state index in [1.807, 2.05) is 18.5 Å². The van der Waals surface area contributed by atoms with Gasteiger partial charge in [-0.15, -0.1) is 0 Å². The molecule has 1 saturated carbocycles. The minimum Gasteiger partial charge on any atom is -0.370 e. The number of hydrogen-bond acceptors (Lipinski definition) is 3. The van der Waals surface area contributed by atoms with E-state index in [4.69, 9.17) is 4.74 Å². The highest BCUT2D eigenvalue weighted by molar-refractivity contribution is 5.12. The largest absolute Gasteiger partial charge is 0.370 e. The number of aromatic nitrogens is 1. The van der Waals surface area contributed by atoms with Gasteiger partial charge in [-0.3, -0.25) is 4.98 Å². The molecule has 2 fully saturated rings. The van der Waals surface area contributed by atoms with Gasteiger partial charge in [0.25, 0.3) is 0 Å². The van der Waals surface area contributed by atoms with Crippen molar-refractivity contribution in [3.05, 3.63) is 30.1 Å². The maximum Gasteiger partial charge on any atom is 0.0708 e. The summed E-state index contributed by atoms with van der Waals surface area (Å²) < 4.78 is 6.32. The maximum absolute atomic E-state index is 6.32. The molecule has 0 radical (unpaired) electrons. The van der Waals surface area contributed by atoms with Gasteiger partial charge in [0.2, 0.25) is 0 Å². The van der Waals surface area contributed by atoms with Crippen LogP contribution in [0.1, 0.15) is 57.1 Å². The molecule has 1 saturated heterocycles. The lowest BCUT2D eigenvalue weighted by Crippen LogP contribution is -2.32. The second-order valence-corrected chi connectivity index (χ2v) is 6.08. The lowest BCUT2D eigenvalue weighted by atomic mass is 9.98. The van der Waals surface area contributed by atoms with Crippen LogP contribution in [0.5, 0.6) is 0 Å². The van der Waals surface area contributed by atoms with Gasteiger partial charge in [0.15, 0.2) is 0 Å². The average Bonchev–Trinajstić information content (AvgIpc) is 3.08. The Morgan fingerprint density at radius 3 is 3.00 bits per heavy atom. The van der Waals surface area contributed by atoms with Gasteiger partial charge in [-0.05, 0) is 44.2 Å². The normalized spacial score (nSPS) is 26.9. The molecule has 0 aromatic carbocycles. The summed E-state index contributed by atoms with van der Waals surface area (Å²) in [4.78, 5) is 4.17. The molecule has 104 valence electrons. The van der Waals surface area contributed by atoms with Crippen molar-refractivity contribution in [1.29, 1.82) is 0 Å². The van der Waals surface area contributed by atoms with E-state index in [0.717, 1.165) is 6.54 Å². The Kier molecular flexibility index (Phi) is 3.85. The van der Waals surface area contributed by atoms with Crippen molar-refractivity contribution in [2.24, 2.45) is 0 Å². The highest BCUT2D eigenvalue weighted by atomic mass is 16.5. The number of nitrogens with one attached hydrogen (secondary N) is 1. The number of rotatable bonds is 4. The fourth-order valence-electron chi connectivity index (χ4n) is 3.48. The third kappa shape index (κ3) is 2.98. The van der Waals surface area contributed by atoms with Crippen LogP contribution < -0.4 is 5.32 Å². The van der Waals surface area contributed by atoms with Crippen LogP contribution in [0, 0.1) is 0 Å². The van der Waals surface area contributed by atoms with E-state index in [2.05, 4.69) is 23.3 Å². The third-order valence-corrected chi connectivity index (χ3v) is 4.69. The van der Waals surface area contributed by atoms with E-state index >= 15 is 0 Å². The SMILES string of the molecule is C[C@H](NCC1CCC2(CCCC2)O1)c1cccnc1. The van der Waals surface area contributed by atoms with Crippen LogP contribution in [-0.2, 0) is 4.74 Å². The molecule has 3 nitrogen and oxygen atoms in total. The molecule has 1 aliphatic carbocycles. The molecular weight excluding hydrogens is 236 g/mol. The molecule has 0 amide bonds. The van der Waals surface area contributed by atoms with Crippen molar-refractivity contribution >= 4 is 0 Å². The average molecular weight is 260 g/mol. The third-order valence-electron chi connectivity index (χ3n) is 4.69. The van der Waals surface area contributed by atoms with Crippen LogP contribution in [0.2, 0.25) is 0 Å². The van der Waals surface area contributed by atoms with Crippen LogP contribution in [0.25, 0.3) is 0 Å². The summed E-state index contributed by atoms with van der Waals surface area (Å²) in [6, 6.07) is 4.46. The molecule has 1 N–H and O–H groups in total. The molecule has 1 aliphatic heterocycles. The first-order chi connectivity index (χ1) is 9.27. The van der Waals surface area contributed by atoms with Crippen LogP contribution in [0.15, 0.2) is 24.5 Å². The molecule has 1 aromatic rings. The molecule has 1 unspecified atom stereocenters. The number of hydrogen-bond donors (Lipinski definition) is 1. The zero-order valence-corrected chi connectivity index (χ0v) is 11.8. The molecule has 2 atom stereocenters. The topological polar surface area (TPSA) is 34.1 Å². The Morgan fingerprint density at radius 2 is 2.26 bits per heavy atom. The Balaban J connectivity index is 1.48. The highest BCUT2D eigenvalue weighted by Gasteiger charge is 2.41. The standard InChI is InChI=1S/C16H24N2O/c1-13(14-5-4-10-17-11-14)18-12-15-6-9-16(19-15)7-2-3-8-16/h4-5,10-11,13,15,18H,2-3,6-9,12H2,1H3/t13-,15?/m0/s1. The zero-order chi connectivity index (χ0) is 13.1. The summed E-state index contributed by atoms with van der Waals surface area (Å²) in [7, 11) is 0. The molecule has 2 aliphatic rings. The van der Waals surface area contributed by atoms with Crippen molar-refractivity contribution in [3.63, 3.8) is 0 Å². The summed E-state index contributed by atoms with van der Waals surface area (Å²) >= 11 is 0. The van der Waals surface area contributed by atoms with E-state index in [0.29, 0.717) is 12.1 Å². The number of nitrogens with zero attached hydrogens (tertiary/aromatic N) is 1. The van der Waals surface area contributed by atoms with Gasteiger partial charge in [-0.1, -0.05) is 18.9 Å². The molecule has 1 aromatic heterocycles. The van der Waals surface area contributed by atoms with Crippen LogP contribution in [0.4, 0.5) is 0 Å². The second-order valence-electron chi connectivity index (χ2n) is 6.08. The molecular formula is C16H24N2O. The van der Waals surface area contributed by atoms with E-state index in [1.165, 1.54) is 44.1 Å². The summed E-state index contributed by atoms with van der Waals surface area (Å²) in [5, 5.41) is 3.58. The summed E-state index contributed by atoms with van der Waals surface area (Å²) in [5.74, 6) is 0. The first-order valence-electron chi connectivity index (χ1n) is 7.59. The van der Waals surface area contributed by atoms with E-state index in [9.17, 15) is 0 Å². The minimum atomic E-state index is 0.254. The van der Waals surface area contributed by atoms with Crippen LogP contribution >= 0.6 is 0 Å². The van der Waals surface area contributed by atoms with Gasteiger partial charge in [0.05, 0.1) is 11.7 Å². The van der Waals surface area contributed by atoms with Crippen LogP contribution in [0.3, 0.4) is 0 Å². The minimum absolute atomic E-state index is 0.254. The quantitative estimate of drug-likeness (QED) is 0.902. The molecule has 0 bridgehead atoms. The van der Waals surface area contributed by atoms with Gasteiger partial charge in [-0.25, -0.2) is 0 Å². The van der Waals surface area contributed by atoms with Crippen molar-refractivity contribution in [1.82, 2.24) is 10.3 Å². The lowest BCUT2D eigenvalue weighted by molar-refractivity contribution is -0.0357. The first kappa shape index (κ1) is 13.1. The molecule has 2 heterocycles. The molecule has 3 heteroatoms. The molecule has 3 rings (SSSR count). The Hall–Kier alpha value is -0.930. The monoisotopic (exact) mass is 260 g/mol. The number of ether oxygens (including phenoxy) is 1. The summed E-state index contributed by atoms with van der Waals surface area (Å²) in [5.41, 5.74) is 1.50. The predicted molar refractivity (Wildman–Crippen MR) is 76.0 cm³/mol. The zero-order valence-electron chi connectivity index (χ0n) is 11.8. The molecule has 1 spiro atoms. The maximum atomic E-state index is 6.32. The van der Waals surface area contributed by atoms with Gasteiger partial charge in [-0.2, -0.15) is 0 Å². The Labute approximate surface area is 115 Å². The fraction of sp³-hybridized carbons (Fsp3) is 0.688. The number of pyridine rings is 1. The van der Waals surface area contributed by atoms with Gasteiger partial charge < -0.3 is 10.1 Å².